The Morgan fingerprint density at radius 3 is 2.89 bits per heavy atom. The minimum Gasteiger partial charge on any atom is -0.297 e. The maximum Gasteiger partial charge on any atom is 0.160 e. The number of carbonyl (C=O) groups excluding carboxylic acids is 1. The lowest BCUT2D eigenvalue weighted by Gasteiger charge is -1.96. The van der Waals surface area contributed by atoms with Crippen LogP contribution in [0.3, 0.4) is 0 Å². The van der Waals surface area contributed by atoms with Crippen LogP contribution in [0.25, 0.3) is 10.2 Å². The van der Waals surface area contributed by atoms with Gasteiger partial charge in [-0.3, -0.25) is 4.79 Å². The number of aromatic nitrogens is 1. The van der Waals surface area contributed by atoms with Gasteiger partial charge in [0.05, 0.1) is 15.1 Å². The molecule has 5 heteroatoms. The highest BCUT2D eigenvalue weighted by Crippen LogP contribution is 2.33. The van der Waals surface area contributed by atoms with Crippen molar-refractivity contribution in [1.29, 1.82) is 0 Å². The Bertz CT molecular complexity index is 696. The van der Waals surface area contributed by atoms with Gasteiger partial charge in [-0.25, -0.2) is 4.98 Å². The standard InChI is InChI=1S/C14H11NOS3/c1-9-10(6-11(7-16)18-9)8-17-14-15-12-4-2-3-5-13(12)19-14/h2-7H,8H2,1H3. The summed E-state index contributed by atoms with van der Waals surface area (Å²) in [6, 6.07) is 10.2. The van der Waals surface area contributed by atoms with Crippen LogP contribution in [0.5, 0.6) is 0 Å². The van der Waals surface area contributed by atoms with Crippen molar-refractivity contribution >= 4 is 50.9 Å². The molecule has 96 valence electrons. The van der Waals surface area contributed by atoms with Crippen molar-refractivity contribution in [3.8, 4) is 0 Å². The third-order valence-electron chi connectivity index (χ3n) is 2.78. The van der Waals surface area contributed by atoms with Crippen molar-refractivity contribution in [1.82, 2.24) is 4.98 Å². The van der Waals surface area contributed by atoms with Gasteiger partial charge in [0.25, 0.3) is 0 Å². The van der Waals surface area contributed by atoms with Gasteiger partial charge in [-0.1, -0.05) is 23.9 Å². The average molecular weight is 305 g/mol. The normalized spacial score (nSPS) is 11.0. The first-order valence-electron chi connectivity index (χ1n) is 5.79. The topological polar surface area (TPSA) is 30.0 Å². The zero-order valence-electron chi connectivity index (χ0n) is 10.3. The van der Waals surface area contributed by atoms with Gasteiger partial charge in [0.1, 0.15) is 0 Å². The van der Waals surface area contributed by atoms with Crippen LogP contribution < -0.4 is 0 Å². The second kappa shape index (κ2) is 5.45. The van der Waals surface area contributed by atoms with Gasteiger partial charge in [-0.05, 0) is 30.7 Å². The molecule has 2 aromatic heterocycles. The molecule has 0 saturated heterocycles. The average Bonchev–Trinajstić information content (AvgIpc) is 2.99. The van der Waals surface area contributed by atoms with Crippen LogP contribution in [-0.2, 0) is 5.75 Å². The number of hydrogen-bond acceptors (Lipinski definition) is 5. The first-order valence-corrected chi connectivity index (χ1v) is 8.41. The lowest BCUT2D eigenvalue weighted by Crippen LogP contribution is -1.79. The van der Waals surface area contributed by atoms with E-state index in [0.29, 0.717) is 0 Å². The zero-order valence-corrected chi connectivity index (χ0v) is 12.7. The minimum absolute atomic E-state index is 0.803. The fourth-order valence-corrected chi connectivity index (χ4v) is 4.88. The third kappa shape index (κ3) is 2.73. The van der Waals surface area contributed by atoms with E-state index in [1.807, 2.05) is 24.3 Å². The number of carbonyl (C=O) groups is 1. The van der Waals surface area contributed by atoms with Gasteiger partial charge < -0.3 is 0 Å². The number of thiazole rings is 1. The Morgan fingerprint density at radius 2 is 2.16 bits per heavy atom. The van der Waals surface area contributed by atoms with E-state index >= 15 is 0 Å². The summed E-state index contributed by atoms with van der Waals surface area (Å²) in [7, 11) is 0. The van der Waals surface area contributed by atoms with Gasteiger partial charge >= 0.3 is 0 Å². The van der Waals surface area contributed by atoms with E-state index in [1.54, 1.807) is 34.4 Å². The lowest BCUT2D eigenvalue weighted by molar-refractivity contribution is 0.112. The summed E-state index contributed by atoms with van der Waals surface area (Å²) < 4.78 is 2.31. The predicted molar refractivity (Wildman–Crippen MR) is 83.6 cm³/mol. The summed E-state index contributed by atoms with van der Waals surface area (Å²) in [5, 5.41) is 0. The van der Waals surface area contributed by atoms with Gasteiger partial charge in [0, 0.05) is 10.6 Å². The molecule has 0 N–H and O–H groups in total. The SMILES string of the molecule is Cc1sc(C=O)cc1CSc1nc2ccccc2s1. The molecule has 3 rings (SSSR count). The molecule has 0 aliphatic carbocycles. The molecule has 0 saturated carbocycles. The van der Waals surface area contributed by atoms with Crippen molar-refractivity contribution in [2.24, 2.45) is 0 Å². The molecular weight excluding hydrogens is 294 g/mol. The molecule has 2 heterocycles. The number of thioether (sulfide) groups is 1. The molecule has 0 radical (unpaired) electrons. The summed E-state index contributed by atoms with van der Waals surface area (Å²) in [6.45, 7) is 2.06. The summed E-state index contributed by atoms with van der Waals surface area (Å²) in [5.74, 6) is 0.871. The number of fused-ring (bicyclic) bond motifs is 1. The maximum absolute atomic E-state index is 10.8. The van der Waals surface area contributed by atoms with Crippen LogP contribution in [-0.4, -0.2) is 11.3 Å². The number of thiophene rings is 1. The Hall–Kier alpha value is -1.17. The molecule has 0 amide bonds. The number of rotatable bonds is 4. The summed E-state index contributed by atoms with van der Waals surface area (Å²) in [5.41, 5.74) is 2.29. The molecule has 3 aromatic rings. The quantitative estimate of drug-likeness (QED) is 0.513. The van der Waals surface area contributed by atoms with Gasteiger partial charge in [0.15, 0.2) is 10.6 Å². The minimum atomic E-state index is 0.803. The van der Waals surface area contributed by atoms with Crippen LogP contribution >= 0.6 is 34.4 Å². The van der Waals surface area contributed by atoms with E-state index in [-0.39, 0.29) is 0 Å². The number of benzene rings is 1. The van der Waals surface area contributed by atoms with E-state index in [1.165, 1.54) is 15.1 Å². The largest absolute Gasteiger partial charge is 0.297 e. The second-order valence-electron chi connectivity index (χ2n) is 4.08. The van der Waals surface area contributed by atoms with E-state index in [2.05, 4.69) is 18.0 Å². The smallest absolute Gasteiger partial charge is 0.160 e. The molecule has 1 aromatic carbocycles. The molecule has 0 bridgehead atoms. The fourth-order valence-electron chi connectivity index (χ4n) is 1.80. The number of nitrogens with zero attached hydrogens (tertiary/aromatic N) is 1. The Kier molecular flexibility index (Phi) is 3.68. The number of para-hydroxylation sites is 1. The number of aryl methyl sites for hydroxylation is 1. The number of aldehydes is 1. The molecule has 0 atom stereocenters. The third-order valence-corrected chi connectivity index (χ3v) is 6.03. The zero-order chi connectivity index (χ0) is 13.2. The highest BCUT2D eigenvalue weighted by molar-refractivity contribution is 8.00. The van der Waals surface area contributed by atoms with Crippen molar-refractivity contribution < 1.29 is 4.79 Å². The monoisotopic (exact) mass is 305 g/mol. The molecular formula is C14H11NOS3. The lowest BCUT2D eigenvalue weighted by atomic mass is 10.3. The summed E-state index contributed by atoms with van der Waals surface area (Å²) in [4.78, 5) is 17.4. The van der Waals surface area contributed by atoms with Gasteiger partial charge in [0.2, 0.25) is 0 Å². The van der Waals surface area contributed by atoms with E-state index in [9.17, 15) is 4.79 Å². The molecule has 2 nitrogen and oxygen atoms in total. The van der Waals surface area contributed by atoms with E-state index in [0.717, 1.165) is 26.8 Å². The van der Waals surface area contributed by atoms with Crippen LogP contribution in [0.4, 0.5) is 0 Å². The van der Waals surface area contributed by atoms with Crippen LogP contribution in [0.2, 0.25) is 0 Å². The van der Waals surface area contributed by atoms with Crippen molar-refractivity contribution in [3.63, 3.8) is 0 Å². The number of hydrogen-bond donors (Lipinski definition) is 0. The molecule has 19 heavy (non-hydrogen) atoms. The van der Waals surface area contributed by atoms with Gasteiger partial charge in [-0.15, -0.1) is 22.7 Å². The van der Waals surface area contributed by atoms with E-state index < -0.39 is 0 Å². The summed E-state index contributed by atoms with van der Waals surface area (Å²) in [6.07, 6.45) is 0.920. The Balaban J connectivity index is 1.78. The highest BCUT2D eigenvalue weighted by Gasteiger charge is 2.08. The Labute approximate surface area is 123 Å². The molecule has 0 unspecified atom stereocenters. The van der Waals surface area contributed by atoms with Crippen LogP contribution in [0.1, 0.15) is 20.1 Å². The Morgan fingerprint density at radius 1 is 1.32 bits per heavy atom. The highest BCUT2D eigenvalue weighted by atomic mass is 32.2. The molecule has 0 aliphatic heterocycles. The molecule has 0 fully saturated rings. The van der Waals surface area contributed by atoms with E-state index in [4.69, 9.17) is 0 Å². The van der Waals surface area contributed by atoms with Gasteiger partial charge in [-0.2, -0.15) is 0 Å². The van der Waals surface area contributed by atoms with Crippen LogP contribution in [0.15, 0.2) is 34.7 Å². The summed E-state index contributed by atoms with van der Waals surface area (Å²) >= 11 is 5.01. The van der Waals surface area contributed by atoms with Crippen LogP contribution in [0, 0.1) is 6.92 Å². The second-order valence-corrected chi connectivity index (χ2v) is 7.63. The van der Waals surface area contributed by atoms with Crippen molar-refractivity contribution in [2.45, 2.75) is 17.0 Å². The fraction of sp³-hybridized carbons (Fsp3) is 0.143. The van der Waals surface area contributed by atoms with Crippen molar-refractivity contribution in [2.75, 3.05) is 0 Å². The maximum atomic E-state index is 10.8. The first-order chi connectivity index (χ1) is 9.26. The molecule has 0 aliphatic rings. The predicted octanol–water partition coefficient (Wildman–Crippen LogP) is 4.77. The first kappa shape index (κ1) is 12.8. The van der Waals surface area contributed by atoms with Crippen molar-refractivity contribution in [3.05, 3.63) is 45.6 Å². The molecule has 0 spiro atoms.